The monoisotopic (exact) mass is 339 g/mol. The van der Waals surface area contributed by atoms with Gasteiger partial charge in [-0.2, -0.15) is 0 Å². The molecule has 1 aromatic heterocycles. The van der Waals surface area contributed by atoms with E-state index in [9.17, 15) is 4.79 Å². The summed E-state index contributed by atoms with van der Waals surface area (Å²) >= 11 is 3.29. The first-order valence-electron chi connectivity index (χ1n) is 7.12. The number of rotatable bonds is 4. The molecule has 1 heterocycles. The molecule has 20 heavy (non-hydrogen) atoms. The molecule has 0 aromatic carbocycles. The molecule has 2 rings (SSSR count). The molecule has 1 fully saturated rings. The maximum absolute atomic E-state index is 12.2. The zero-order valence-electron chi connectivity index (χ0n) is 12.2. The van der Waals surface area contributed by atoms with Gasteiger partial charge in [0.15, 0.2) is 0 Å². The lowest BCUT2D eigenvalue weighted by molar-refractivity contribution is 0.0796. The molecular formula is C15H22BrN3O. The Hall–Kier alpha value is -0.940. The smallest absolute Gasteiger partial charge is 0.269 e. The fourth-order valence-corrected chi connectivity index (χ4v) is 3.21. The van der Waals surface area contributed by atoms with Crippen molar-refractivity contribution in [1.29, 1.82) is 0 Å². The van der Waals surface area contributed by atoms with Gasteiger partial charge in [-0.1, -0.05) is 25.3 Å². The van der Waals surface area contributed by atoms with Crippen LogP contribution in [0.25, 0.3) is 0 Å². The van der Waals surface area contributed by atoms with Crippen molar-refractivity contribution in [2.75, 3.05) is 20.6 Å². The summed E-state index contributed by atoms with van der Waals surface area (Å²) in [4.78, 5) is 18.7. The summed E-state index contributed by atoms with van der Waals surface area (Å²) in [7, 11) is 4.21. The number of carbonyl (C=O) groups excluding carboxylic acids is 1. The summed E-state index contributed by atoms with van der Waals surface area (Å²) in [6.07, 6.45) is 6.07. The van der Waals surface area contributed by atoms with E-state index in [0.717, 1.165) is 12.8 Å². The Morgan fingerprint density at radius 2 is 2.05 bits per heavy atom. The second-order valence-electron chi connectivity index (χ2n) is 5.71. The Morgan fingerprint density at radius 1 is 1.35 bits per heavy atom. The van der Waals surface area contributed by atoms with Gasteiger partial charge in [0.2, 0.25) is 0 Å². The zero-order chi connectivity index (χ0) is 14.6. The second-order valence-corrected chi connectivity index (χ2v) is 6.52. The van der Waals surface area contributed by atoms with Crippen LogP contribution in [0.3, 0.4) is 0 Å². The van der Waals surface area contributed by atoms with Crippen LogP contribution in [0.15, 0.2) is 22.8 Å². The topological polar surface area (TPSA) is 45.2 Å². The van der Waals surface area contributed by atoms with E-state index in [2.05, 4.69) is 45.2 Å². The zero-order valence-corrected chi connectivity index (χ0v) is 13.7. The van der Waals surface area contributed by atoms with Crippen molar-refractivity contribution in [2.45, 2.75) is 37.6 Å². The van der Waals surface area contributed by atoms with Gasteiger partial charge in [0, 0.05) is 12.1 Å². The van der Waals surface area contributed by atoms with Crippen LogP contribution in [-0.2, 0) is 0 Å². The van der Waals surface area contributed by atoms with E-state index in [4.69, 9.17) is 0 Å². The lowest BCUT2D eigenvalue weighted by atomic mass is 9.80. The number of nitrogens with zero attached hydrogens (tertiary/aromatic N) is 2. The molecule has 1 aliphatic carbocycles. The third kappa shape index (κ3) is 3.58. The van der Waals surface area contributed by atoms with Gasteiger partial charge in [-0.3, -0.25) is 4.79 Å². The fraction of sp³-hybridized carbons (Fsp3) is 0.600. The highest BCUT2D eigenvalue weighted by atomic mass is 79.9. The number of aromatic nitrogens is 1. The van der Waals surface area contributed by atoms with Crippen LogP contribution >= 0.6 is 15.9 Å². The van der Waals surface area contributed by atoms with Crippen LogP contribution in [0.1, 0.15) is 42.6 Å². The molecule has 0 spiro atoms. The number of likely N-dealkylation sites (N-methyl/N-ethyl adjacent to an activating group) is 1. The number of hydrogen-bond donors (Lipinski definition) is 1. The van der Waals surface area contributed by atoms with E-state index < -0.39 is 0 Å². The molecule has 1 aliphatic rings. The van der Waals surface area contributed by atoms with Crippen LogP contribution in [0.4, 0.5) is 0 Å². The summed E-state index contributed by atoms with van der Waals surface area (Å²) in [6.45, 7) is 0.688. The highest BCUT2D eigenvalue weighted by Crippen LogP contribution is 2.31. The maximum atomic E-state index is 12.2. The van der Waals surface area contributed by atoms with E-state index in [1.54, 1.807) is 6.07 Å². The summed E-state index contributed by atoms with van der Waals surface area (Å²) in [5.74, 6) is -0.0990. The lowest BCUT2D eigenvalue weighted by Crippen LogP contribution is -2.53. The van der Waals surface area contributed by atoms with E-state index in [1.165, 1.54) is 19.3 Å². The number of amides is 1. The highest BCUT2D eigenvalue weighted by molar-refractivity contribution is 9.10. The van der Waals surface area contributed by atoms with E-state index in [1.807, 2.05) is 12.1 Å². The van der Waals surface area contributed by atoms with Crippen LogP contribution < -0.4 is 5.32 Å². The molecule has 4 nitrogen and oxygen atoms in total. The van der Waals surface area contributed by atoms with Crippen molar-refractivity contribution in [3.8, 4) is 0 Å². The molecule has 0 saturated heterocycles. The number of carbonyl (C=O) groups is 1. The molecule has 0 atom stereocenters. The quantitative estimate of drug-likeness (QED) is 0.858. The molecule has 0 aliphatic heterocycles. The SMILES string of the molecule is CN(C)C1(CNC(=O)c2cccc(Br)n2)CCCCC1. The average Bonchev–Trinajstić information content (AvgIpc) is 2.45. The third-order valence-corrected chi connectivity index (χ3v) is 4.70. The Morgan fingerprint density at radius 3 is 2.65 bits per heavy atom. The maximum Gasteiger partial charge on any atom is 0.269 e. The van der Waals surface area contributed by atoms with Crippen LogP contribution in [-0.4, -0.2) is 42.0 Å². The Bertz CT molecular complexity index is 470. The van der Waals surface area contributed by atoms with Gasteiger partial charge in [0.25, 0.3) is 5.91 Å². The average molecular weight is 340 g/mol. The van der Waals surface area contributed by atoms with Crippen molar-refractivity contribution in [1.82, 2.24) is 15.2 Å². The standard InChI is InChI=1S/C15H22BrN3O/c1-19(2)15(9-4-3-5-10-15)11-17-14(20)12-7-6-8-13(16)18-12/h6-8H,3-5,9-11H2,1-2H3,(H,17,20). The molecular weight excluding hydrogens is 318 g/mol. The van der Waals surface area contributed by atoms with Crippen molar-refractivity contribution >= 4 is 21.8 Å². The van der Waals surface area contributed by atoms with Gasteiger partial charge in [-0.05, 0) is 55.0 Å². The molecule has 0 radical (unpaired) electrons. The normalized spacial score (nSPS) is 18.0. The minimum Gasteiger partial charge on any atom is -0.349 e. The minimum absolute atomic E-state index is 0.0971. The van der Waals surface area contributed by atoms with E-state index in [0.29, 0.717) is 16.8 Å². The first kappa shape index (κ1) is 15.4. The predicted octanol–water partition coefficient (Wildman–Crippen LogP) is 2.84. The van der Waals surface area contributed by atoms with Gasteiger partial charge in [0.05, 0.1) is 0 Å². The van der Waals surface area contributed by atoms with Crippen LogP contribution in [0.5, 0.6) is 0 Å². The molecule has 1 amide bonds. The molecule has 0 unspecified atom stereocenters. The number of hydrogen-bond acceptors (Lipinski definition) is 3. The Kier molecular flexibility index (Phi) is 5.16. The lowest BCUT2D eigenvalue weighted by Gasteiger charge is -2.43. The number of pyridine rings is 1. The second kappa shape index (κ2) is 6.68. The molecule has 110 valence electrons. The molecule has 1 saturated carbocycles. The van der Waals surface area contributed by atoms with Gasteiger partial charge in [-0.25, -0.2) is 4.98 Å². The summed E-state index contributed by atoms with van der Waals surface area (Å²) in [5, 5.41) is 3.05. The fourth-order valence-electron chi connectivity index (χ4n) is 2.86. The van der Waals surface area contributed by atoms with E-state index in [-0.39, 0.29) is 11.4 Å². The minimum atomic E-state index is -0.0990. The van der Waals surface area contributed by atoms with Crippen molar-refractivity contribution in [3.63, 3.8) is 0 Å². The van der Waals surface area contributed by atoms with Gasteiger partial charge in [-0.15, -0.1) is 0 Å². The van der Waals surface area contributed by atoms with Gasteiger partial charge in [0.1, 0.15) is 10.3 Å². The third-order valence-electron chi connectivity index (χ3n) is 4.26. The van der Waals surface area contributed by atoms with Gasteiger partial charge >= 0.3 is 0 Å². The van der Waals surface area contributed by atoms with Crippen molar-refractivity contribution in [2.24, 2.45) is 0 Å². The summed E-state index contributed by atoms with van der Waals surface area (Å²) in [5.41, 5.74) is 0.559. The Balaban J connectivity index is 2.00. The van der Waals surface area contributed by atoms with Crippen molar-refractivity contribution < 1.29 is 4.79 Å². The highest BCUT2D eigenvalue weighted by Gasteiger charge is 2.34. The Labute approximate surface area is 129 Å². The molecule has 1 aromatic rings. The predicted molar refractivity (Wildman–Crippen MR) is 83.8 cm³/mol. The molecule has 5 heteroatoms. The molecule has 1 N–H and O–H groups in total. The first-order chi connectivity index (χ1) is 9.53. The summed E-state index contributed by atoms with van der Waals surface area (Å²) in [6, 6.07) is 5.39. The first-order valence-corrected chi connectivity index (χ1v) is 7.91. The summed E-state index contributed by atoms with van der Waals surface area (Å²) < 4.78 is 0.685. The van der Waals surface area contributed by atoms with Crippen LogP contribution in [0.2, 0.25) is 0 Å². The van der Waals surface area contributed by atoms with Crippen LogP contribution in [0, 0.1) is 0 Å². The number of nitrogens with one attached hydrogen (secondary N) is 1. The van der Waals surface area contributed by atoms with Crippen molar-refractivity contribution in [3.05, 3.63) is 28.5 Å². The largest absolute Gasteiger partial charge is 0.349 e. The number of halogens is 1. The molecule has 0 bridgehead atoms. The van der Waals surface area contributed by atoms with Gasteiger partial charge < -0.3 is 10.2 Å². The van der Waals surface area contributed by atoms with E-state index >= 15 is 0 Å².